The molecule has 2 rings (SSSR count). The minimum absolute atomic E-state index is 0.186. The predicted octanol–water partition coefficient (Wildman–Crippen LogP) is 3.24. The van der Waals surface area contributed by atoms with E-state index in [4.69, 9.17) is 0 Å². The summed E-state index contributed by atoms with van der Waals surface area (Å²) in [5.41, 5.74) is 1.05. The van der Waals surface area contributed by atoms with Gasteiger partial charge in [-0.1, -0.05) is 6.92 Å². The van der Waals surface area contributed by atoms with E-state index in [9.17, 15) is 0 Å². The van der Waals surface area contributed by atoms with Gasteiger partial charge in [0, 0.05) is 16.0 Å². The lowest BCUT2D eigenvalue weighted by Gasteiger charge is -2.16. The highest BCUT2D eigenvalue weighted by molar-refractivity contribution is 7.12. The monoisotopic (exact) mass is 261 g/mol. The Morgan fingerprint density at radius 2 is 2.11 bits per heavy atom. The fourth-order valence-corrected chi connectivity index (χ4v) is 2.85. The largest absolute Gasteiger partial charge is 0.304 e. The van der Waals surface area contributed by atoms with Crippen LogP contribution in [0, 0.1) is 13.8 Å². The molecule has 0 aliphatic rings. The fraction of sp³-hybridized carbons (Fsp3) is 0.429. The number of aryl methyl sites for hydroxylation is 2. The van der Waals surface area contributed by atoms with E-state index in [1.165, 1.54) is 9.75 Å². The van der Waals surface area contributed by atoms with E-state index < -0.39 is 0 Å². The first-order valence-electron chi connectivity index (χ1n) is 6.30. The molecule has 0 aromatic carbocycles. The molecule has 96 valence electrons. The number of nitrogens with zero attached hydrogens (tertiary/aromatic N) is 2. The Balaban J connectivity index is 2.30. The van der Waals surface area contributed by atoms with Crippen LogP contribution in [0.25, 0.3) is 0 Å². The van der Waals surface area contributed by atoms with E-state index in [0.29, 0.717) is 0 Å². The molecule has 0 amide bonds. The molecule has 4 heteroatoms. The van der Waals surface area contributed by atoms with Crippen LogP contribution in [-0.2, 0) is 0 Å². The van der Waals surface area contributed by atoms with Gasteiger partial charge in [-0.15, -0.1) is 11.3 Å². The van der Waals surface area contributed by atoms with Crippen molar-refractivity contribution in [1.82, 2.24) is 15.3 Å². The second-order valence-corrected chi connectivity index (χ2v) is 5.68. The average molecular weight is 261 g/mol. The topological polar surface area (TPSA) is 37.8 Å². The van der Waals surface area contributed by atoms with Crippen LogP contribution in [0.5, 0.6) is 0 Å². The highest BCUT2D eigenvalue weighted by atomic mass is 32.1. The van der Waals surface area contributed by atoms with E-state index in [1.807, 2.05) is 30.5 Å². The number of nitrogens with one attached hydrogen (secondary N) is 1. The first-order valence-corrected chi connectivity index (χ1v) is 7.11. The van der Waals surface area contributed by atoms with Crippen LogP contribution < -0.4 is 5.32 Å². The van der Waals surface area contributed by atoms with Gasteiger partial charge in [-0.05, 0) is 45.0 Å². The lowest BCUT2D eigenvalue weighted by Crippen LogP contribution is -2.23. The molecule has 2 aromatic rings. The zero-order valence-corrected chi connectivity index (χ0v) is 11.9. The van der Waals surface area contributed by atoms with Crippen molar-refractivity contribution >= 4 is 11.3 Å². The van der Waals surface area contributed by atoms with Crippen LogP contribution in [-0.4, -0.2) is 16.5 Å². The van der Waals surface area contributed by atoms with Crippen molar-refractivity contribution in [3.63, 3.8) is 0 Å². The Hall–Kier alpha value is -1.26. The van der Waals surface area contributed by atoms with Gasteiger partial charge in [-0.25, -0.2) is 9.97 Å². The predicted molar refractivity (Wildman–Crippen MR) is 76.0 cm³/mol. The third kappa shape index (κ3) is 3.15. The Kier molecular flexibility index (Phi) is 4.44. The number of hydrogen-bond acceptors (Lipinski definition) is 4. The Morgan fingerprint density at radius 3 is 2.72 bits per heavy atom. The zero-order valence-electron chi connectivity index (χ0n) is 11.1. The smallest absolute Gasteiger partial charge is 0.125 e. The van der Waals surface area contributed by atoms with Gasteiger partial charge in [0.15, 0.2) is 0 Å². The number of aromatic nitrogens is 2. The maximum atomic E-state index is 4.55. The first-order chi connectivity index (χ1) is 8.70. The summed E-state index contributed by atoms with van der Waals surface area (Å²) in [6.07, 6.45) is 2.95. The van der Waals surface area contributed by atoms with Crippen molar-refractivity contribution in [2.24, 2.45) is 0 Å². The molecule has 0 bridgehead atoms. The molecule has 0 saturated heterocycles. The van der Waals surface area contributed by atoms with E-state index in [-0.39, 0.29) is 6.04 Å². The molecule has 2 heterocycles. The molecular formula is C14H19N3S. The first kappa shape index (κ1) is 13.2. The van der Waals surface area contributed by atoms with Gasteiger partial charge in [0.2, 0.25) is 0 Å². The molecule has 3 nitrogen and oxygen atoms in total. The molecule has 18 heavy (non-hydrogen) atoms. The molecule has 0 saturated carbocycles. The van der Waals surface area contributed by atoms with Crippen LogP contribution in [0.2, 0.25) is 0 Å². The summed E-state index contributed by atoms with van der Waals surface area (Å²) in [5.74, 6) is 0.823. The van der Waals surface area contributed by atoms with Crippen molar-refractivity contribution in [3.05, 3.63) is 45.7 Å². The van der Waals surface area contributed by atoms with Crippen molar-refractivity contribution in [2.75, 3.05) is 6.54 Å². The molecular weight excluding hydrogens is 242 g/mol. The zero-order chi connectivity index (χ0) is 13.0. The van der Waals surface area contributed by atoms with Crippen LogP contribution in [0.4, 0.5) is 0 Å². The van der Waals surface area contributed by atoms with E-state index in [1.54, 1.807) is 0 Å². The highest BCUT2D eigenvalue weighted by Gasteiger charge is 2.16. The van der Waals surface area contributed by atoms with Gasteiger partial charge in [-0.3, -0.25) is 0 Å². The molecule has 2 aromatic heterocycles. The van der Waals surface area contributed by atoms with Crippen LogP contribution in [0.1, 0.15) is 40.7 Å². The van der Waals surface area contributed by atoms with E-state index in [2.05, 4.69) is 41.3 Å². The molecule has 1 unspecified atom stereocenters. The minimum atomic E-state index is 0.186. The van der Waals surface area contributed by atoms with Crippen molar-refractivity contribution < 1.29 is 0 Å². The van der Waals surface area contributed by atoms with Crippen LogP contribution in [0.3, 0.4) is 0 Å². The summed E-state index contributed by atoms with van der Waals surface area (Å²) in [7, 11) is 0. The molecule has 0 aliphatic heterocycles. The van der Waals surface area contributed by atoms with E-state index >= 15 is 0 Å². The number of hydrogen-bond donors (Lipinski definition) is 1. The number of rotatable bonds is 5. The lowest BCUT2D eigenvalue weighted by atomic mass is 10.1. The van der Waals surface area contributed by atoms with Crippen LogP contribution >= 0.6 is 11.3 Å². The summed E-state index contributed by atoms with van der Waals surface area (Å²) in [6.45, 7) is 7.23. The summed E-state index contributed by atoms with van der Waals surface area (Å²) >= 11 is 1.82. The van der Waals surface area contributed by atoms with E-state index in [0.717, 1.165) is 24.5 Å². The molecule has 0 spiro atoms. The Labute approximate surface area is 112 Å². The third-order valence-corrected chi connectivity index (χ3v) is 3.80. The molecule has 1 N–H and O–H groups in total. The Bertz CT molecular complexity index is 507. The number of thiophene rings is 1. The molecule has 0 aliphatic carbocycles. The van der Waals surface area contributed by atoms with Gasteiger partial charge in [-0.2, -0.15) is 0 Å². The SMILES string of the molecule is CCCNC(c1ccnc(C)n1)c1ccc(C)s1. The Morgan fingerprint density at radius 1 is 1.28 bits per heavy atom. The second-order valence-electron chi connectivity index (χ2n) is 4.36. The normalized spacial score (nSPS) is 12.6. The average Bonchev–Trinajstić information content (AvgIpc) is 2.76. The third-order valence-electron chi connectivity index (χ3n) is 2.74. The standard InChI is InChI=1S/C14H19N3S/c1-4-8-16-14(13-6-5-10(2)18-13)12-7-9-15-11(3)17-12/h5-7,9,14,16H,4,8H2,1-3H3. The maximum Gasteiger partial charge on any atom is 0.125 e. The molecule has 1 atom stereocenters. The minimum Gasteiger partial charge on any atom is -0.304 e. The summed E-state index contributed by atoms with van der Waals surface area (Å²) in [4.78, 5) is 11.4. The van der Waals surface area contributed by atoms with Gasteiger partial charge in [0.1, 0.15) is 5.82 Å². The summed E-state index contributed by atoms with van der Waals surface area (Å²) < 4.78 is 0. The summed E-state index contributed by atoms with van der Waals surface area (Å²) in [5, 5.41) is 3.56. The van der Waals surface area contributed by atoms with Crippen molar-refractivity contribution in [1.29, 1.82) is 0 Å². The lowest BCUT2D eigenvalue weighted by molar-refractivity contribution is 0.590. The fourth-order valence-electron chi connectivity index (χ4n) is 1.88. The van der Waals surface area contributed by atoms with Gasteiger partial charge in [0.05, 0.1) is 11.7 Å². The maximum absolute atomic E-state index is 4.55. The van der Waals surface area contributed by atoms with Crippen molar-refractivity contribution in [2.45, 2.75) is 33.2 Å². The van der Waals surface area contributed by atoms with Gasteiger partial charge in [0.25, 0.3) is 0 Å². The van der Waals surface area contributed by atoms with Crippen molar-refractivity contribution in [3.8, 4) is 0 Å². The van der Waals surface area contributed by atoms with Gasteiger partial charge < -0.3 is 5.32 Å². The van der Waals surface area contributed by atoms with Crippen LogP contribution in [0.15, 0.2) is 24.4 Å². The molecule has 0 radical (unpaired) electrons. The highest BCUT2D eigenvalue weighted by Crippen LogP contribution is 2.27. The molecule has 0 fully saturated rings. The second kappa shape index (κ2) is 6.07. The summed E-state index contributed by atoms with van der Waals surface area (Å²) in [6, 6.07) is 6.53. The quantitative estimate of drug-likeness (QED) is 0.898. The van der Waals surface area contributed by atoms with Gasteiger partial charge >= 0.3 is 0 Å².